The molecule has 1 saturated heterocycles. The summed E-state index contributed by atoms with van der Waals surface area (Å²) in [6, 6.07) is 0. The van der Waals surface area contributed by atoms with Crippen LogP contribution in [-0.4, -0.2) is 22.9 Å². The average molecular weight is 185 g/mol. The van der Waals surface area contributed by atoms with E-state index in [1.165, 1.54) is 0 Å². The molecule has 0 saturated carbocycles. The van der Waals surface area contributed by atoms with Gasteiger partial charge in [-0.2, -0.15) is 4.55 Å². The average Bonchev–Trinajstić information content (AvgIpc) is 1.88. The van der Waals surface area contributed by atoms with Crippen LogP contribution in [0.4, 0.5) is 0 Å². The first-order valence-corrected chi connectivity index (χ1v) is 5.67. The second-order valence-electron chi connectivity index (χ2n) is 2.45. The summed E-state index contributed by atoms with van der Waals surface area (Å²) < 4.78 is 19.7. The van der Waals surface area contributed by atoms with Gasteiger partial charge in [0.2, 0.25) is 10.7 Å². The molecule has 60 valence electrons. The Bertz CT molecular complexity index is 152. The zero-order chi connectivity index (χ0) is 7.61. The second-order valence-corrected chi connectivity index (χ2v) is 5.43. The Labute approximate surface area is 65.9 Å². The van der Waals surface area contributed by atoms with E-state index in [-0.39, 0.29) is 5.25 Å². The molecule has 1 aliphatic heterocycles. The Morgan fingerprint density at radius 3 is 2.30 bits per heavy atom. The van der Waals surface area contributed by atoms with Crippen molar-refractivity contribution in [1.29, 1.82) is 0 Å². The minimum Gasteiger partial charge on any atom is -0.316 e. The van der Waals surface area contributed by atoms with E-state index in [4.69, 9.17) is 15.2 Å². The first-order valence-electron chi connectivity index (χ1n) is 3.26. The number of halogens is 1. The van der Waals surface area contributed by atoms with Gasteiger partial charge in [0.25, 0.3) is 0 Å². The fourth-order valence-corrected chi connectivity index (χ4v) is 2.44. The lowest BCUT2D eigenvalue weighted by Crippen LogP contribution is -2.36. The van der Waals surface area contributed by atoms with Gasteiger partial charge >= 0.3 is 9.43 Å². The first-order chi connectivity index (χ1) is 4.61. The van der Waals surface area contributed by atoms with Crippen LogP contribution in [0.25, 0.3) is 0 Å². The molecular formula is C5H11ClNO2S+. The summed E-state index contributed by atoms with van der Waals surface area (Å²) in [5, 5.41) is 2.88. The molecule has 1 atom stereocenters. The van der Waals surface area contributed by atoms with Crippen molar-refractivity contribution in [3.63, 3.8) is 0 Å². The molecule has 0 aromatic rings. The number of hydrogen-bond donors (Lipinski definition) is 2. The van der Waals surface area contributed by atoms with Gasteiger partial charge in [-0.15, -0.1) is 0 Å². The van der Waals surface area contributed by atoms with E-state index in [2.05, 4.69) is 5.32 Å². The lowest BCUT2D eigenvalue weighted by Gasteiger charge is -2.17. The topological polar surface area (TPSA) is 49.3 Å². The van der Waals surface area contributed by atoms with Gasteiger partial charge in [-0.1, -0.05) is 0 Å². The molecule has 0 spiro atoms. The van der Waals surface area contributed by atoms with Crippen molar-refractivity contribution in [2.45, 2.75) is 18.1 Å². The molecule has 0 bridgehead atoms. The fourth-order valence-electron chi connectivity index (χ4n) is 1.09. The summed E-state index contributed by atoms with van der Waals surface area (Å²) in [6.07, 6.45) is 1.41. The van der Waals surface area contributed by atoms with E-state index < -0.39 is 9.43 Å². The van der Waals surface area contributed by atoms with Crippen molar-refractivity contribution >= 4 is 20.1 Å². The van der Waals surface area contributed by atoms with E-state index in [9.17, 15) is 4.21 Å². The third-order valence-electron chi connectivity index (χ3n) is 1.70. The highest BCUT2D eigenvalue weighted by atomic mass is 35.7. The van der Waals surface area contributed by atoms with Crippen LogP contribution < -0.4 is 5.32 Å². The Morgan fingerprint density at radius 1 is 1.50 bits per heavy atom. The summed E-state index contributed by atoms with van der Waals surface area (Å²) in [5.41, 5.74) is 0. The molecule has 0 aromatic carbocycles. The van der Waals surface area contributed by atoms with Gasteiger partial charge in [0, 0.05) is 25.9 Å². The van der Waals surface area contributed by atoms with Gasteiger partial charge in [0.15, 0.2) is 5.25 Å². The Kier molecular flexibility index (Phi) is 2.68. The highest BCUT2D eigenvalue weighted by Gasteiger charge is 2.36. The summed E-state index contributed by atoms with van der Waals surface area (Å²) in [4.78, 5) is 0. The molecule has 10 heavy (non-hydrogen) atoms. The van der Waals surface area contributed by atoms with Crippen LogP contribution >= 0.6 is 10.7 Å². The van der Waals surface area contributed by atoms with Crippen molar-refractivity contribution in [3.8, 4) is 0 Å². The smallest absolute Gasteiger partial charge is 0.316 e. The normalized spacial score (nSPS) is 27.8. The maximum absolute atomic E-state index is 10.8. The van der Waals surface area contributed by atoms with Crippen molar-refractivity contribution in [2.75, 3.05) is 13.1 Å². The van der Waals surface area contributed by atoms with Crippen molar-refractivity contribution < 1.29 is 8.76 Å². The van der Waals surface area contributed by atoms with Crippen LogP contribution in [-0.2, 0) is 13.6 Å². The SMILES string of the molecule is O=[S+](O)(Cl)C1CCNCC1. The van der Waals surface area contributed by atoms with E-state index >= 15 is 0 Å². The fraction of sp³-hybridized carbons (Fsp3) is 1.00. The molecular weight excluding hydrogens is 174 g/mol. The van der Waals surface area contributed by atoms with E-state index in [1.54, 1.807) is 0 Å². The quantitative estimate of drug-likeness (QED) is 0.470. The van der Waals surface area contributed by atoms with Crippen LogP contribution in [0.1, 0.15) is 12.8 Å². The highest BCUT2D eigenvalue weighted by molar-refractivity contribution is 8.19. The lowest BCUT2D eigenvalue weighted by atomic mass is 10.2. The molecule has 0 aliphatic carbocycles. The van der Waals surface area contributed by atoms with Crippen LogP contribution in [0, 0.1) is 0 Å². The molecule has 2 N–H and O–H groups in total. The van der Waals surface area contributed by atoms with Crippen LogP contribution in [0.3, 0.4) is 0 Å². The molecule has 1 heterocycles. The largest absolute Gasteiger partial charge is 0.316 e. The number of rotatable bonds is 1. The predicted molar refractivity (Wildman–Crippen MR) is 42.4 cm³/mol. The molecule has 1 rings (SSSR count). The molecule has 1 fully saturated rings. The molecule has 3 nitrogen and oxygen atoms in total. The molecule has 1 aliphatic rings. The zero-order valence-electron chi connectivity index (χ0n) is 5.55. The Hall–Kier alpha value is 0.360. The molecule has 1 unspecified atom stereocenters. The minimum absolute atomic E-state index is 0.213. The second kappa shape index (κ2) is 3.17. The van der Waals surface area contributed by atoms with Crippen molar-refractivity contribution in [3.05, 3.63) is 0 Å². The number of hydrogen-bond acceptors (Lipinski definition) is 2. The summed E-state index contributed by atoms with van der Waals surface area (Å²) in [5.74, 6) is 0. The molecule has 0 amide bonds. The van der Waals surface area contributed by atoms with Crippen molar-refractivity contribution in [2.24, 2.45) is 0 Å². The maximum atomic E-state index is 10.8. The minimum atomic E-state index is -3.04. The molecule has 0 aromatic heterocycles. The molecule has 5 heteroatoms. The van der Waals surface area contributed by atoms with Crippen LogP contribution in [0.5, 0.6) is 0 Å². The van der Waals surface area contributed by atoms with E-state index in [0.29, 0.717) is 12.8 Å². The zero-order valence-corrected chi connectivity index (χ0v) is 7.12. The van der Waals surface area contributed by atoms with Gasteiger partial charge in [-0.25, -0.2) is 0 Å². The number of nitrogens with one attached hydrogen (secondary N) is 1. The third-order valence-corrected chi connectivity index (χ3v) is 3.75. The van der Waals surface area contributed by atoms with Crippen molar-refractivity contribution in [1.82, 2.24) is 5.32 Å². The van der Waals surface area contributed by atoms with Gasteiger partial charge in [-0.3, -0.25) is 0 Å². The molecule has 0 radical (unpaired) electrons. The maximum Gasteiger partial charge on any atom is 0.316 e. The van der Waals surface area contributed by atoms with Gasteiger partial charge < -0.3 is 5.32 Å². The van der Waals surface area contributed by atoms with E-state index in [1.807, 2.05) is 0 Å². The van der Waals surface area contributed by atoms with Crippen LogP contribution in [0.15, 0.2) is 0 Å². The summed E-state index contributed by atoms with van der Waals surface area (Å²) in [6.45, 7) is 1.60. The Balaban J connectivity index is 2.47. The summed E-state index contributed by atoms with van der Waals surface area (Å²) in [7, 11) is 2.22. The van der Waals surface area contributed by atoms with Crippen LogP contribution in [0.2, 0.25) is 0 Å². The highest BCUT2D eigenvalue weighted by Crippen LogP contribution is 2.21. The van der Waals surface area contributed by atoms with Gasteiger partial charge in [0.1, 0.15) is 0 Å². The monoisotopic (exact) mass is 184 g/mol. The standard InChI is InChI=1S/C5H10ClNO2S/c6-10(8,9)5-1-3-7-4-2-5/h5,7H,1-4H2/p+1. The Morgan fingerprint density at radius 2 is 2.00 bits per heavy atom. The summed E-state index contributed by atoms with van der Waals surface area (Å²) >= 11 is 0. The van der Waals surface area contributed by atoms with Gasteiger partial charge in [0.05, 0.1) is 0 Å². The third kappa shape index (κ3) is 2.20. The lowest BCUT2D eigenvalue weighted by molar-refractivity contribution is 0.458. The first kappa shape index (κ1) is 8.46. The number of piperidine rings is 1. The van der Waals surface area contributed by atoms with E-state index in [0.717, 1.165) is 13.1 Å². The predicted octanol–water partition coefficient (Wildman–Crippen LogP) is 0.865. The van der Waals surface area contributed by atoms with Gasteiger partial charge in [-0.05, 0) is 4.21 Å².